The molecule has 0 heterocycles. The maximum absolute atomic E-state index is 12.7. The van der Waals surface area contributed by atoms with E-state index >= 15 is 0 Å². The molecule has 0 saturated heterocycles. The van der Waals surface area contributed by atoms with Gasteiger partial charge in [0.25, 0.3) is 0 Å². The Bertz CT molecular complexity index is 515. The summed E-state index contributed by atoms with van der Waals surface area (Å²) in [7, 11) is 0. The van der Waals surface area contributed by atoms with Crippen LogP contribution in [0.1, 0.15) is 17.3 Å². The largest absolute Gasteiger partial charge is 0.457 e. The van der Waals surface area contributed by atoms with E-state index in [1.165, 1.54) is 19.1 Å². The molecular formula is C14H11FO2. The Kier molecular flexibility index (Phi) is 3.19. The normalized spacial score (nSPS) is 10.0. The molecule has 0 aromatic heterocycles. The van der Waals surface area contributed by atoms with Gasteiger partial charge >= 0.3 is 0 Å². The Labute approximate surface area is 98.7 Å². The van der Waals surface area contributed by atoms with Crippen LogP contribution >= 0.6 is 0 Å². The van der Waals surface area contributed by atoms with Crippen LogP contribution in [0.25, 0.3) is 0 Å². The predicted molar refractivity (Wildman–Crippen MR) is 62.9 cm³/mol. The van der Waals surface area contributed by atoms with Gasteiger partial charge in [-0.25, -0.2) is 4.39 Å². The lowest BCUT2D eigenvalue weighted by atomic mass is 10.1. The first-order valence-corrected chi connectivity index (χ1v) is 5.19. The van der Waals surface area contributed by atoms with E-state index in [2.05, 4.69) is 0 Å². The third-order valence-electron chi connectivity index (χ3n) is 2.31. The molecule has 0 radical (unpaired) electrons. The summed E-state index contributed by atoms with van der Waals surface area (Å²) in [6.07, 6.45) is 0. The van der Waals surface area contributed by atoms with Crippen molar-refractivity contribution in [1.29, 1.82) is 0 Å². The highest BCUT2D eigenvalue weighted by molar-refractivity contribution is 5.94. The molecule has 2 aromatic rings. The molecule has 0 aliphatic carbocycles. The maximum atomic E-state index is 12.7. The molecule has 2 nitrogen and oxygen atoms in total. The van der Waals surface area contributed by atoms with Crippen LogP contribution in [-0.2, 0) is 0 Å². The number of carbonyl (C=O) groups is 1. The van der Waals surface area contributed by atoms with Gasteiger partial charge in [0.05, 0.1) is 0 Å². The number of ketones is 1. The van der Waals surface area contributed by atoms with Gasteiger partial charge in [-0.1, -0.05) is 0 Å². The van der Waals surface area contributed by atoms with Gasteiger partial charge in [0.1, 0.15) is 17.3 Å². The zero-order valence-electron chi connectivity index (χ0n) is 9.31. The third-order valence-corrected chi connectivity index (χ3v) is 2.31. The quantitative estimate of drug-likeness (QED) is 0.749. The molecule has 0 atom stereocenters. The number of rotatable bonds is 3. The molecule has 0 amide bonds. The van der Waals surface area contributed by atoms with Crippen LogP contribution in [0.4, 0.5) is 4.39 Å². The molecule has 17 heavy (non-hydrogen) atoms. The van der Waals surface area contributed by atoms with Gasteiger partial charge < -0.3 is 4.74 Å². The first-order valence-electron chi connectivity index (χ1n) is 5.19. The van der Waals surface area contributed by atoms with Gasteiger partial charge in [-0.15, -0.1) is 0 Å². The summed E-state index contributed by atoms with van der Waals surface area (Å²) in [4.78, 5) is 11.1. The lowest BCUT2D eigenvalue weighted by Crippen LogP contribution is -1.91. The average Bonchev–Trinajstić information content (AvgIpc) is 2.33. The first kappa shape index (κ1) is 11.3. The van der Waals surface area contributed by atoms with Gasteiger partial charge in [-0.2, -0.15) is 0 Å². The second kappa shape index (κ2) is 4.78. The fourth-order valence-electron chi connectivity index (χ4n) is 1.40. The minimum atomic E-state index is -0.302. The van der Waals surface area contributed by atoms with E-state index in [9.17, 15) is 9.18 Å². The Balaban J connectivity index is 2.13. The van der Waals surface area contributed by atoms with Gasteiger partial charge in [0.2, 0.25) is 0 Å². The molecule has 2 rings (SSSR count). The number of Topliss-reactive ketones (excluding diaryl/α,β-unsaturated/α-hetero) is 1. The number of carbonyl (C=O) groups excluding carboxylic acids is 1. The monoisotopic (exact) mass is 230 g/mol. The summed E-state index contributed by atoms with van der Waals surface area (Å²) in [6, 6.07) is 12.6. The van der Waals surface area contributed by atoms with Crippen molar-refractivity contribution < 1.29 is 13.9 Å². The summed E-state index contributed by atoms with van der Waals surface area (Å²) < 4.78 is 18.2. The molecule has 0 aliphatic rings. The lowest BCUT2D eigenvalue weighted by molar-refractivity contribution is 0.101. The number of ether oxygens (including phenoxy) is 1. The van der Waals surface area contributed by atoms with Gasteiger partial charge in [0, 0.05) is 5.56 Å². The van der Waals surface area contributed by atoms with Crippen molar-refractivity contribution in [2.24, 2.45) is 0 Å². The molecule has 0 N–H and O–H groups in total. The van der Waals surface area contributed by atoms with E-state index in [0.717, 1.165) is 0 Å². The Hall–Kier alpha value is -2.16. The van der Waals surface area contributed by atoms with Crippen molar-refractivity contribution >= 4 is 5.78 Å². The van der Waals surface area contributed by atoms with Crippen LogP contribution in [0, 0.1) is 5.82 Å². The minimum absolute atomic E-state index is 0.0123. The molecule has 0 saturated carbocycles. The highest BCUT2D eigenvalue weighted by Gasteiger charge is 2.01. The molecule has 86 valence electrons. The van der Waals surface area contributed by atoms with Crippen molar-refractivity contribution in [2.75, 3.05) is 0 Å². The maximum Gasteiger partial charge on any atom is 0.159 e. The predicted octanol–water partition coefficient (Wildman–Crippen LogP) is 3.82. The van der Waals surface area contributed by atoms with E-state index in [-0.39, 0.29) is 11.6 Å². The van der Waals surface area contributed by atoms with Crippen LogP contribution < -0.4 is 4.74 Å². The summed E-state index contributed by atoms with van der Waals surface area (Å²) >= 11 is 0. The summed E-state index contributed by atoms with van der Waals surface area (Å²) in [5.74, 6) is 0.881. The standard InChI is InChI=1S/C14H11FO2/c1-10(16)11-2-6-13(7-3-11)17-14-8-4-12(15)5-9-14/h2-9H,1H3. The van der Waals surface area contributed by atoms with Gasteiger partial charge in [0.15, 0.2) is 5.78 Å². The summed E-state index contributed by atoms with van der Waals surface area (Å²) in [5, 5.41) is 0. The van der Waals surface area contributed by atoms with E-state index < -0.39 is 0 Å². The Morgan fingerprint density at radius 2 is 1.41 bits per heavy atom. The molecule has 0 fully saturated rings. The van der Waals surface area contributed by atoms with E-state index in [1.807, 2.05) is 0 Å². The Morgan fingerprint density at radius 3 is 1.88 bits per heavy atom. The first-order chi connectivity index (χ1) is 8.15. The number of halogens is 1. The fraction of sp³-hybridized carbons (Fsp3) is 0.0714. The van der Waals surface area contributed by atoms with Crippen molar-refractivity contribution in [3.63, 3.8) is 0 Å². The number of benzene rings is 2. The SMILES string of the molecule is CC(=O)c1ccc(Oc2ccc(F)cc2)cc1. The van der Waals surface area contributed by atoms with Crippen LogP contribution in [0.5, 0.6) is 11.5 Å². The zero-order valence-corrected chi connectivity index (χ0v) is 9.31. The summed E-state index contributed by atoms with van der Waals surface area (Å²) in [5.41, 5.74) is 0.636. The zero-order chi connectivity index (χ0) is 12.3. The third kappa shape index (κ3) is 2.91. The topological polar surface area (TPSA) is 26.3 Å². The van der Waals surface area contributed by atoms with Crippen molar-refractivity contribution in [1.82, 2.24) is 0 Å². The Morgan fingerprint density at radius 1 is 0.941 bits per heavy atom. The second-order valence-electron chi connectivity index (χ2n) is 3.64. The van der Waals surface area contributed by atoms with E-state index in [0.29, 0.717) is 17.1 Å². The second-order valence-corrected chi connectivity index (χ2v) is 3.64. The molecule has 0 unspecified atom stereocenters. The molecule has 3 heteroatoms. The van der Waals surface area contributed by atoms with E-state index in [4.69, 9.17) is 4.74 Å². The van der Waals surface area contributed by atoms with Crippen molar-refractivity contribution in [3.8, 4) is 11.5 Å². The van der Waals surface area contributed by atoms with Gasteiger partial charge in [-0.05, 0) is 55.5 Å². The minimum Gasteiger partial charge on any atom is -0.457 e. The molecule has 0 spiro atoms. The molecule has 0 aliphatic heterocycles. The van der Waals surface area contributed by atoms with Crippen LogP contribution in [-0.4, -0.2) is 5.78 Å². The fourth-order valence-corrected chi connectivity index (χ4v) is 1.40. The highest BCUT2D eigenvalue weighted by atomic mass is 19.1. The molecule has 0 bridgehead atoms. The molecular weight excluding hydrogens is 219 g/mol. The van der Waals surface area contributed by atoms with Crippen LogP contribution in [0.3, 0.4) is 0 Å². The van der Waals surface area contributed by atoms with E-state index in [1.54, 1.807) is 36.4 Å². The van der Waals surface area contributed by atoms with Gasteiger partial charge in [-0.3, -0.25) is 4.79 Å². The number of hydrogen-bond acceptors (Lipinski definition) is 2. The van der Waals surface area contributed by atoms with Crippen LogP contribution in [0.2, 0.25) is 0 Å². The summed E-state index contributed by atoms with van der Waals surface area (Å²) in [6.45, 7) is 1.51. The highest BCUT2D eigenvalue weighted by Crippen LogP contribution is 2.21. The lowest BCUT2D eigenvalue weighted by Gasteiger charge is -2.05. The van der Waals surface area contributed by atoms with Crippen LogP contribution in [0.15, 0.2) is 48.5 Å². The average molecular weight is 230 g/mol. The van der Waals surface area contributed by atoms with Crippen molar-refractivity contribution in [3.05, 3.63) is 59.9 Å². The number of hydrogen-bond donors (Lipinski definition) is 0. The van der Waals surface area contributed by atoms with Crippen molar-refractivity contribution in [2.45, 2.75) is 6.92 Å². The smallest absolute Gasteiger partial charge is 0.159 e. The molecule has 2 aromatic carbocycles.